The van der Waals surface area contributed by atoms with Gasteiger partial charge in [-0.3, -0.25) is 0 Å². The predicted molar refractivity (Wildman–Crippen MR) is 109 cm³/mol. The van der Waals surface area contributed by atoms with E-state index in [9.17, 15) is 4.79 Å². The molecule has 0 spiro atoms. The Kier molecular flexibility index (Phi) is 8.05. The summed E-state index contributed by atoms with van der Waals surface area (Å²) >= 11 is 6.31. The van der Waals surface area contributed by atoms with Crippen molar-refractivity contribution in [2.24, 2.45) is 0 Å². The van der Waals surface area contributed by atoms with Gasteiger partial charge in [0.25, 0.3) is 0 Å². The van der Waals surface area contributed by atoms with Gasteiger partial charge in [-0.1, -0.05) is 50.1 Å². The van der Waals surface area contributed by atoms with Crippen molar-refractivity contribution >= 4 is 17.6 Å². The Hall–Kier alpha value is -1.94. The van der Waals surface area contributed by atoms with Crippen LogP contribution in [0, 0.1) is 0 Å². The van der Waals surface area contributed by atoms with Crippen molar-refractivity contribution in [1.82, 2.24) is 14.8 Å². The highest BCUT2D eigenvalue weighted by molar-refractivity contribution is 6.31. The molecule has 1 aromatic carbocycles. The van der Waals surface area contributed by atoms with Gasteiger partial charge >= 0.3 is 6.03 Å². The van der Waals surface area contributed by atoms with E-state index in [-0.39, 0.29) is 12.1 Å². The number of carbonyl (C=O) groups excluding carboxylic acids is 1. The molecule has 0 aliphatic rings. The van der Waals surface area contributed by atoms with Crippen molar-refractivity contribution < 1.29 is 4.79 Å². The molecule has 0 aliphatic heterocycles. The number of nitrogens with one attached hydrogen (secondary N) is 1. The lowest BCUT2D eigenvalue weighted by Crippen LogP contribution is -2.45. The van der Waals surface area contributed by atoms with E-state index in [1.165, 1.54) is 0 Å². The zero-order valence-corrected chi connectivity index (χ0v) is 16.8. The summed E-state index contributed by atoms with van der Waals surface area (Å²) in [4.78, 5) is 14.6. The molecular formula is C21H30ClN3O. The van der Waals surface area contributed by atoms with E-state index in [2.05, 4.69) is 36.7 Å². The molecule has 0 radical (unpaired) electrons. The molecule has 2 amide bonds. The van der Waals surface area contributed by atoms with Crippen molar-refractivity contribution in [2.45, 2.75) is 59.2 Å². The summed E-state index contributed by atoms with van der Waals surface area (Å²) < 4.78 is 2.16. The van der Waals surface area contributed by atoms with Gasteiger partial charge in [-0.2, -0.15) is 0 Å². The predicted octanol–water partition coefficient (Wildman–Crippen LogP) is 5.30. The number of unbranched alkanes of at least 4 members (excludes halogenated alkanes) is 1. The second-order valence-electron chi connectivity index (χ2n) is 6.69. The number of nitrogens with zero attached hydrogens (tertiary/aromatic N) is 2. The van der Waals surface area contributed by atoms with E-state index >= 15 is 0 Å². The molecule has 1 heterocycles. The summed E-state index contributed by atoms with van der Waals surface area (Å²) in [5.41, 5.74) is 2.19. The van der Waals surface area contributed by atoms with Crippen LogP contribution in [0.3, 0.4) is 0 Å². The van der Waals surface area contributed by atoms with Gasteiger partial charge in [0.15, 0.2) is 0 Å². The first-order valence-corrected chi connectivity index (χ1v) is 9.86. The van der Waals surface area contributed by atoms with Crippen molar-refractivity contribution in [3.05, 3.63) is 58.9 Å². The van der Waals surface area contributed by atoms with Gasteiger partial charge in [0.05, 0.1) is 6.54 Å². The highest BCUT2D eigenvalue weighted by Gasteiger charge is 2.20. The Morgan fingerprint density at radius 3 is 2.69 bits per heavy atom. The van der Waals surface area contributed by atoms with Gasteiger partial charge < -0.3 is 14.8 Å². The second-order valence-corrected chi connectivity index (χ2v) is 7.10. The molecule has 1 atom stereocenters. The lowest BCUT2D eigenvalue weighted by Gasteiger charge is -2.29. The molecule has 0 saturated carbocycles. The summed E-state index contributed by atoms with van der Waals surface area (Å²) in [5, 5.41) is 3.81. The number of benzene rings is 1. The van der Waals surface area contributed by atoms with E-state index < -0.39 is 0 Å². The zero-order chi connectivity index (χ0) is 18.9. The first-order chi connectivity index (χ1) is 12.6. The largest absolute Gasteiger partial charge is 0.345 e. The summed E-state index contributed by atoms with van der Waals surface area (Å²) in [7, 11) is 0. The average molecular weight is 376 g/mol. The second kappa shape index (κ2) is 10.3. The molecule has 142 valence electrons. The molecule has 4 nitrogen and oxygen atoms in total. The standard InChI is InChI=1S/C21H30ClN3O/c1-4-6-13-23-21(26)25(17(3)5-2)16-19-11-9-14-24(19)15-18-10-7-8-12-20(18)22/h7-12,14,17H,4-6,13,15-16H2,1-3H3,(H,23,26)/t17-/m0/s1. The summed E-state index contributed by atoms with van der Waals surface area (Å²) in [6.45, 7) is 8.35. The molecule has 1 N–H and O–H groups in total. The maximum atomic E-state index is 12.7. The van der Waals surface area contributed by atoms with Crippen LogP contribution in [-0.2, 0) is 13.1 Å². The third-order valence-corrected chi connectivity index (χ3v) is 5.11. The van der Waals surface area contributed by atoms with Crippen molar-refractivity contribution in [3.8, 4) is 0 Å². The number of hydrogen-bond acceptors (Lipinski definition) is 1. The van der Waals surface area contributed by atoms with E-state index in [1.54, 1.807) is 0 Å². The monoisotopic (exact) mass is 375 g/mol. The maximum Gasteiger partial charge on any atom is 0.317 e. The number of amides is 2. The summed E-state index contributed by atoms with van der Waals surface area (Å²) in [6, 6.07) is 12.2. The maximum absolute atomic E-state index is 12.7. The minimum Gasteiger partial charge on any atom is -0.345 e. The van der Waals surface area contributed by atoms with Crippen LogP contribution in [-0.4, -0.2) is 28.1 Å². The van der Waals surface area contributed by atoms with Crippen LogP contribution in [0.2, 0.25) is 5.02 Å². The van der Waals surface area contributed by atoms with E-state index in [4.69, 9.17) is 11.6 Å². The number of carbonyl (C=O) groups is 1. The molecule has 2 aromatic rings. The van der Waals surface area contributed by atoms with Crippen molar-refractivity contribution in [3.63, 3.8) is 0 Å². The molecular weight excluding hydrogens is 346 g/mol. The summed E-state index contributed by atoms with van der Waals surface area (Å²) in [5.74, 6) is 0. The fourth-order valence-corrected chi connectivity index (χ4v) is 3.05. The highest BCUT2D eigenvalue weighted by atomic mass is 35.5. The van der Waals surface area contributed by atoms with Gasteiger partial charge in [0.1, 0.15) is 0 Å². The SMILES string of the molecule is CCCCNC(=O)N(Cc1cccn1Cc1ccccc1Cl)[C@@H](C)CC. The van der Waals surface area contributed by atoms with E-state index in [0.717, 1.165) is 42.1 Å². The topological polar surface area (TPSA) is 37.3 Å². The Labute approximate surface area is 162 Å². The van der Waals surface area contributed by atoms with Crippen LogP contribution in [0.4, 0.5) is 4.79 Å². The summed E-state index contributed by atoms with van der Waals surface area (Å²) in [6.07, 6.45) is 5.04. The van der Waals surface area contributed by atoms with Crippen LogP contribution in [0.5, 0.6) is 0 Å². The first-order valence-electron chi connectivity index (χ1n) is 9.48. The average Bonchev–Trinajstić information content (AvgIpc) is 3.08. The van der Waals surface area contributed by atoms with Crippen LogP contribution in [0.25, 0.3) is 0 Å². The number of hydrogen-bond donors (Lipinski definition) is 1. The Morgan fingerprint density at radius 1 is 1.23 bits per heavy atom. The fourth-order valence-electron chi connectivity index (χ4n) is 2.85. The zero-order valence-electron chi connectivity index (χ0n) is 16.0. The number of urea groups is 1. The van der Waals surface area contributed by atoms with Crippen LogP contribution in [0.15, 0.2) is 42.6 Å². The molecule has 2 rings (SSSR count). The number of rotatable bonds is 9. The Balaban J connectivity index is 2.12. The quantitative estimate of drug-likeness (QED) is 0.593. The van der Waals surface area contributed by atoms with Gasteiger partial charge in [-0.25, -0.2) is 4.79 Å². The highest BCUT2D eigenvalue weighted by Crippen LogP contribution is 2.19. The molecule has 26 heavy (non-hydrogen) atoms. The molecule has 0 saturated heterocycles. The van der Waals surface area contributed by atoms with Gasteiger partial charge in [0, 0.05) is 36.0 Å². The Morgan fingerprint density at radius 2 is 2.00 bits per heavy atom. The molecule has 5 heteroatoms. The van der Waals surface area contributed by atoms with Gasteiger partial charge in [0.2, 0.25) is 0 Å². The normalized spacial score (nSPS) is 12.0. The number of halogens is 1. The van der Waals surface area contributed by atoms with Crippen LogP contribution < -0.4 is 5.32 Å². The van der Waals surface area contributed by atoms with E-state index in [1.807, 2.05) is 41.4 Å². The van der Waals surface area contributed by atoms with Crippen LogP contribution >= 0.6 is 11.6 Å². The molecule has 0 fully saturated rings. The number of aromatic nitrogens is 1. The smallest absolute Gasteiger partial charge is 0.317 e. The molecule has 0 unspecified atom stereocenters. The fraction of sp³-hybridized carbons (Fsp3) is 0.476. The van der Waals surface area contributed by atoms with Gasteiger partial charge in [-0.15, -0.1) is 0 Å². The van der Waals surface area contributed by atoms with Crippen LogP contribution in [0.1, 0.15) is 51.3 Å². The molecule has 0 bridgehead atoms. The third kappa shape index (κ3) is 5.53. The first kappa shape index (κ1) is 20.4. The van der Waals surface area contributed by atoms with E-state index in [0.29, 0.717) is 13.1 Å². The lowest BCUT2D eigenvalue weighted by molar-refractivity contribution is 0.171. The lowest BCUT2D eigenvalue weighted by atomic mass is 10.2. The van der Waals surface area contributed by atoms with Crippen molar-refractivity contribution in [1.29, 1.82) is 0 Å². The van der Waals surface area contributed by atoms with Crippen molar-refractivity contribution in [2.75, 3.05) is 6.54 Å². The molecule has 0 aliphatic carbocycles. The third-order valence-electron chi connectivity index (χ3n) is 4.74. The van der Waals surface area contributed by atoms with Gasteiger partial charge in [-0.05, 0) is 43.5 Å². The molecule has 1 aromatic heterocycles. The Bertz CT molecular complexity index is 698. The minimum atomic E-state index is 0.0123. The minimum absolute atomic E-state index is 0.0123.